The number of hydrogen-bond donors (Lipinski definition) is 1. The van der Waals surface area contributed by atoms with Crippen LogP contribution in [0.15, 0.2) is 72.8 Å². The second-order valence-corrected chi connectivity index (χ2v) is 16.4. The Morgan fingerprint density at radius 2 is 1.59 bits per heavy atom. The lowest BCUT2D eigenvalue weighted by atomic mass is 9.89. The first-order valence-electron chi connectivity index (χ1n) is 14.0. The van der Waals surface area contributed by atoms with E-state index in [1.165, 1.54) is 10.4 Å². The SMILES string of the molecule is CCCCCC(C)(/C=C/[C@@H]1[C@H]2CC(=O)O[C@H]2C[C@H]1O)O[Si](c1ccccc1)(c1ccccc1)C(C)(C)C. The van der Waals surface area contributed by atoms with E-state index < -0.39 is 20.0 Å². The third-order valence-corrected chi connectivity index (χ3v) is 13.5. The summed E-state index contributed by atoms with van der Waals surface area (Å²) < 4.78 is 13.1. The minimum Gasteiger partial charge on any atom is -0.462 e. The van der Waals surface area contributed by atoms with Crippen molar-refractivity contribution in [1.29, 1.82) is 0 Å². The van der Waals surface area contributed by atoms with Crippen LogP contribution in [0, 0.1) is 11.8 Å². The molecule has 37 heavy (non-hydrogen) atoms. The summed E-state index contributed by atoms with van der Waals surface area (Å²) in [4.78, 5) is 11.9. The molecule has 2 fully saturated rings. The summed E-state index contributed by atoms with van der Waals surface area (Å²) in [6.07, 6.45) is 8.85. The standard InChI is InChI=1S/C32H44O4Si/c1-6-7-14-20-32(5,21-19-26-27-22-30(34)35-29(27)23-28(26)33)36-37(31(2,3)4,24-15-10-8-11-16-24)25-17-12-9-13-18-25/h8-13,15-19,21,26-29,33H,6-7,14,20,22-23H2,1-5H3/b21-19+/t26-,27-,28-,29+,32?/m1/s1. The summed E-state index contributed by atoms with van der Waals surface area (Å²) in [6, 6.07) is 21.5. The van der Waals surface area contributed by atoms with Crippen molar-refractivity contribution in [2.75, 3.05) is 0 Å². The summed E-state index contributed by atoms with van der Waals surface area (Å²) in [6.45, 7) is 11.4. The molecule has 2 aliphatic rings. The third-order valence-electron chi connectivity index (χ3n) is 8.33. The average Bonchev–Trinajstić information content (AvgIpc) is 3.36. The van der Waals surface area contributed by atoms with Gasteiger partial charge in [0.25, 0.3) is 8.32 Å². The highest BCUT2D eigenvalue weighted by molar-refractivity contribution is 6.99. The van der Waals surface area contributed by atoms with Gasteiger partial charge in [-0.3, -0.25) is 4.79 Å². The van der Waals surface area contributed by atoms with Crippen molar-refractivity contribution >= 4 is 24.7 Å². The monoisotopic (exact) mass is 520 g/mol. The summed E-state index contributed by atoms with van der Waals surface area (Å²) in [5.74, 6) is -0.189. The van der Waals surface area contributed by atoms with Gasteiger partial charge in [0.1, 0.15) is 6.10 Å². The van der Waals surface area contributed by atoms with Crippen LogP contribution in [-0.4, -0.2) is 37.2 Å². The molecule has 200 valence electrons. The van der Waals surface area contributed by atoms with Gasteiger partial charge in [-0.1, -0.05) is 120 Å². The molecule has 1 saturated heterocycles. The van der Waals surface area contributed by atoms with Crippen molar-refractivity contribution in [2.24, 2.45) is 11.8 Å². The molecule has 1 aliphatic heterocycles. The predicted octanol–water partition coefficient (Wildman–Crippen LogP) is 5.77. The molecule has 1 unspecified atom stereocenters. The fourth-order valence-electron chi connectivity index (χ4n) is 6.39. The van der Waals surface area contributed by atoms with Crippen molar-refractivity contribution in [1.82, 2.24) is 0 Å². The Hall–Kier alpha value is -2.21. The molecule has 2 aromatic carbocycles. The van der Waals surface area contributed by atoms with Gasteiger partial charge in [-0.25, -0.2) is 0 Å². The summed E-state index contributed by atoms with van der Waals surface area (Å²) in [5.41, 5.74) is -0.526. The minimum atomic E-state index is -2.77. The smallest absolute Gasteiger partial charge is 0.306 e. The molecular weight excluding hydrogens is 476 g/mol. The van der Waals surface area contributed by atoms with Crippen LogP contribution < -0.4 is 10.4 Å². The van der Waals surface area contributed by atoms with E-state index in [0.29, 0.717) is 12.8 Å². The summed E-state index contributed by atoms with van der Waals surface area (Å²) >= 11 is 0. The van der Waals surface area contributed by atoms with Crippen molar-refractivity contribution < 1.29 is 19.1 Å². The molecule has 0 radical (unpaired) electrons. The number of unbranched alkanes of at least 4 members (excludes halogenated alkanes) is 2. The van der Waals surface area contributed by atoms with E-state index in [1.54, 1.807) is 0 Å². The maximum absolute atomic E-state index is 11.9. The first-order chi connectivity index (χ1) is 17.6. The molecule has 1 heterocycles. The van der Waals surface area contributed by atoms with Crippen molar-refractivity contribution in [2.45, 2.75) is 96.0 Å². The van der Waals surface area contributed by atoms with E-state index in [-0.39, 0.29) is 28.9 Å². The molecule has 0 aromatic heterocycles. The molecule has 0 bridgehead atoms. The van der Waals surface area contributed by atoms with Gasteiger partial charge >= 0.3 is 5.97 Å². The lowest BCUT2D eigenvalue weighted by Gasteiger charge is -2.48. The number of aliphatic hydroxyl groups excluding tert-OH is 1. The summed E-state index contributed by atoms with van der Waals surface area (Å²) in [5, 5.41) is 13.2. The average molecular weight is 521 g/mol. The normalized spacial score (nSPS) is 25.7. The Balaban J connectivity index is 1.77. The third kappa shape index (κ3) is 5.79. The molecule has 0 spiro atoms. The van der Waals surface area contributed by atoms with Gasteiger partial charge in [-0.15, -0.1) is 0 Å². The van der Waals surface area contributed by atoms with Crippen LogP contribution in [0.5, 0.6) is 0 Å². The molecule has 1 saturated carbocycles. The van der Waals surface area contributed by atoms with Gasteiger partial charge < -0.3 is 14.3 Å². The number of carbonyl (C=O) groups is 1. The van der Waals surface area contributed by atoms with E-state index in [0.717, 1.165) is 25.7 Å². The molecular formula is C32H44O4Si. The second kappa shape index (κ2) is 11.3. The van der Waals surface area contributed by atoms with Gasteiger partial charge in [0.05, 0.1) is 18.1 Å². The van der Waals surface area contributed by atoms with Gasteiger partial charge in [0, 0.05) is 18.3 Å². The number of carbonyl (C=O) groups excluding carboxylic acids is 1. The first kappa shape index (κ1) is 27.8. The Morgan fingerprint density at radius 3 is 2.14 bits per heavy atom. The maximum atomic E-state index is 11.9. The molecule has 5 atom stereocenters. The second-order valence-electron chi connectivity index (χ2n) is 12.2. The van der Waals surface area contributed by atoms with Crippen LogP contribution in [0.4, 0.5) is 0 Å². The first-order valence-corrected chi connectivity index (χ1v) is 15.9. The number of fused-ring (bicyclic) bond motifs is 1. The van der Waals surface area contributed by atoms with Crippen LogP contribution >= 0.6 is 0 Å². The number of rotatable bonds is 10. The Labute approximate surface area is 224 Å². The van der Waals surface area contributed by atoms with E-state index >= 15 is 0 Å². The van der Waals surface area contributed by atoms with E-state index in [1.807, 2.05) is 0 Å². The number of esters is 1. The molecule has 4 nitrogen and oxygen atoms in total. The Bertz CT molecular complexity index is 1020. The lowest BCUT2D eigenvalue weighted by Crippen LogP contribution is -2.69. The fraction of sp³-hybridized carbons (Fsp3) is 0.531. The number of hydrogen-bond acceptors (Lipinski definition) is 4. The zero-order valence-corrected chi connectivity index (χ0v) is 24.2. The molecule has 1 aliphatic carbocycles. The van der Waals surface area contributed by atoms with Gasteiger partial charge in [-0.2, -0.15) is 0 Å². The summed E-state index contributed by atoms with van der Waals surface area (Å²) in [7, 11) is -2.77. The molecule has 2 aromatic rings. The van der Waals surface area contributed by atoms with Gasteiger partial charge in [0.15, 0.2) is 0 Å². The van der Waals surface area contributed by atoms with Gasteiger partial charge in [-0.05, 0) is 28.8 Å². The predicted molar refractivity (Wildman–Crippen MR) is 152 cm³/mol. The highest BCUT2D eigenvalue weighted by atomic mass is 28.4. The van der Waals surface area contributed by atoms with E-state index in [9.17, 15) is 9.90 Å². The number of ether oxygens (including phenoxy) is 1. The Kier molecular flexibility index (Phi) is 8.47. The zero-order chi connectivity index (χ0) is 26.7. The maximum Gasteiger partial charge on any atom is 0.306 e. The highest BCUT2D eigenvalue weighted by Crippen LogP contribution is 2.44. The Morgan fingerprint density at radius 1 is 1.00 bits per heavy atom. The molecule has 4 rings (SSSR count). The fourth-order valence-corrected chi connectivity index (χ4v) is 11.2. The topological polar surface area (TPSA) is 55.8 Å². The van der Waals surface area contributed by atoms with Gasteiger partial charge in [0.2, 0.25) is 0 Å². The van der Waals surface area contributed by atoms with Crippen LogP contribution in [-0.2, 0) is 14.0 Å². The van der Waals surface area contributed by atoms with Crippen LogP contribution in [0.1, 0.15) is 73.1 Å². The van der Waals surface area contributed by atoms with Crippen LogP contribution in [0.2, 0.25) is 5.04 Å². The highest BCUT2D eigenvalue weighted by Gasteiger charge is 2.53. The molecule has 5 heteroatoms. The molecule has 0 amide bonds. The van der Waals surface area contributed by atoms with Crippen molar-refractivity contribution in [3.8, 4) is 0 Å². The number of benzene rings is 2. The van der Waals surface area contributed by atoms with Crippen LogP contribution in [0.3, 0.4) is 0 Å². The lowest BCUT2D eigenvalue weighted by molar-refractivity contribution is -0.141. The van der Waals surface area contributed by atoms with E-state index in [2.05, 4.69) is 107 Å². The van der Waals surface area contributed by atoms with Crippen molar-refractivity contribution in [3.63, 3.8) is 0 Å². The van der Waals surface area contributed by atoms with E-state index in [4.69, 9.17) is 9.16 Å². The minimum absolute atomic E-state index is 0.0477. The largest absolute Gasteiger partial charge is 0.462 e. The molecule has 1 N–H and O–H groups in total. The quantitative estimate of drug-likeness (QED) is 0.187. The van der Waals surface area contributed by atoms with Crippen LogP contribution in [0.25, 0.3) is 0 Å². The van der Waals surface area contributed by atoms with Crippen molar-refractivity contribution in [3.05, 3.63) is 72.8 Å². The zero-order valence-electron chi connectivity index (χ0n) is 23.2. The number of aliphatic hydroxyl groups is 1.